The number of ether oxygens (including phenoxy) is 1. The molecule has 60 heavy (non-hydrogen) atoms. The molecule has 5 rings (SSSR count). The van der Waals surface area contributed by atoms with Crippen LogP contribution in [-0.2, 0) is 46.7 Å². The van der Waals surface area contributed by atoms with Crippen molar-refractivity contribution >= 4 is 45.5 Å². The molecule has 332 valence electrons. The molecule has 1 aromatic rings. The van der Waals surface area contributed by atoms with E-state index in [4.69, 9.17) is 4.74 Å². The number of hydrogen-bond donors (Lipinski definition) is 4. The zero-order chi connectivity index (χ0) is 44.0. The van der Waals surface area contributed by atoms with Gasteiger partial charge in [-0.3, -0.25) is 19.2 Å². The van der Waals surface area contributed by atoms with Crippen LogP contribution in [0.1, 0.15) is 117 Å². The van der Waals surface area contributed by atoms with E-state index in [0.29, 0.717) is 32.4 Å². The number of amides is 6. The maximum Gasteiger partial charge on any atom is 0.410 e. The Balaban J connectivity index is 1.39. The number of sulfone groups is 1. The Morgan fingerprint density at radius 1 is 0.950 bits per heavy atom. The van der Waals surface area contributed by atoms with E-state index in [9.17, 15) is 37.2 Å². The molecule has 16 heteroatoms. The van der Waals surface area contributed by atoms with Gasteiger partial charge in [0.2, 0.25) is 17.6 Å². The van der Waals surface area contributed by atoms with Gasteiger partial charge in [0.1, 0.15) is 18.2 Å². The van der Waals surface area contributed by atoms with Gasteiger partial charge in [0.25, 0.3) is 5.91 Å². The monoisotopic (exact) mass is 854 g/mol. The summed E-state index contributed by atoms with van der Waals surface area (Å²) in [6.07, 6.45) is 6.73. The van der Waals surface area contributed by atoms with Crippen LogP contribution in [0.15, 0.2) is 36.9 Å². The summed E-state index contributed by atoms with van der Waals surface area (Å²) in [4.78, 5) is 86.0. The molecule has 0 aromatic heterocycles. The molecule has 4 aliphatic rings. The molecule has 0 bridgehead atoms. The Bertz CT molecular complexity index is 1890. The molecule has 6 amide bonds. The number of carbonyl (C=O) groups is 6. The van der Waals surface area contributed by atoms with Gasteiger partial charge in [-0.15, -0.1) is 6.58 Å². The number of nitrogens with one attached hydrogen (secondary N) is 4. The lowest BCUT2D eigenvalue weighted by molar-refractivity contribution is -0.144. The van der Waals surface area contributed by atoms with Crippen LogP contribution < -0.4 is 21.3 Å². The average Bonchev–Trinajstić information content (AvgIpc) is 3.59. The lowest BCUT2D eigenvalue weighted by Gasteiger charge is -2.41. The summed E-state index contributed by atoms with van der Waals surface area (Å²) in [5.41, 5.74) is 0.206. The topological polar surface area (TPSA) is 200 Å². The summed E-state index contributed by atoms with van der Waals surface area (Å²) in [6.45, 7) is 14.4. The second kappa shape index (κ2) is 19.1. The maximum absolute atomic E-state index is 14.8. The molecule has 0 spiro atoms. The minimum absolute atomic E-state index is 0.0670. The van der Waals surface area contributed by atoms with Crippen LogP contribution in [0, 0.1) is 11.3 Å². The van der Waals surface area contributed by atoms with E-state index < -0.39 is 85.4 Å². The predicted octanol–water partition coefficient (Wildman–Crippen LogP) is 4.33. The Kier molecular flexibility index (Phi) is 14.8. The highest BCUT2D eigenvalue weighted by Gasteiger charge is 2.48. The Morgan fingerprint density at radius 2 is 1.62 bits per heavy atom. The smallest absolute Gasteiger partial charge is 0.410 e. The Labute approximate surface area is 355 Å². The van der Waals surface area contributed by atoms with Gasteiger partial charge in [-0.05, 0) is 68.9 Å². The number of ketones is 1. The standard InChI is InChI=1S/C44H66N6O9S/c1-8-22-45-38(53)35(51)33(24-29-15-14-16-29)46-37(52)34-25-32(59-41(56)49-23-19-30-17-10-11-18-31(30)26-49)27-50(34)39(54)36(42(2,3)4)47-40(55)48-44(20-12-9-13-21-44)28-60(57,58)43(5,6)7/h8,10-11,17-18,29,32-34,36H,1,9,12-16,19-28H2,2-7H3,(H,45,53)(H,46,52)(H2,47,48,55)/t32-,33?,34+,36?/m1/s1. The van der Waals surface area contributed by atoms with Gasteiger partial charge < -0.3 is 35.8 Å². The molecule has 1 aromatic carbocycles. The van der Waals surface area contributed by atoms with Gasteiger partial charge in [0.15, 0.2) is 9.84 Å². The van der Waals surface area contributed by atoms with Gasteiger partial charge in [-0.25, -0.2) is 18.0 Å². The first-order chi connectivity index (χ1) is 28.1. The Morgan fingerprint density at radius 3 is 2.22 bits per heavy atom. The SMILES string of the molecule is C=CCNC(=O)C(=O)C(CC1CCC1)NC(=O)[C@@H]1C[C@@H](OC(=O)N2CCc3ccccc3C2)CN1C(=O)C(NC(=O)NC1(CS(=O)(=O)C(C)(C)C)CCCCC1)C(C)(C)C. The van der Waals surface area contributed by atoms with Crippen LogP contribution in [-0.4, -0.2) is 114 Å². The maximum atomic E-state index is 14.8. The third-order valence-corrected chi connectivity index (χ3v) is 15.3. The molecule has 2 heterocycles. The van der Waals surface area contributed by atoms with Crippen molar-refractivity contribution in [3.63, 3.8) is 0 Å². The molecule has 2 unspecified atom stereocenters. The van der Waals surface area contributed by atoms with Crippen LogP contribution in [0.25, 0.3) is 0 Å². The first kappa shape index (κ1) is 46.6. The van der Waals surface area contributed by atoms with Gasteiger partial charge in [-0.2, -0.15) is 0 Å². The second-order valence-corrected chi connectivity index (χ2v) is 22.0. The predicted molar refractivity (Wildman–Crippen MR) is 227 cm³/mol. The third kappa shape index (κ3) is 11.5. The molecule has 4 N–H and O–H groups in total. The van der Waals surface area contributed by atoms with Crippen LogP contribution in [0.4, 0.5) is 9.59 Å². The molecule has 2 saturated carbocycles. The lowest BCUT2D eigenvalue weighted by Crippen LogP contribution is -2.63. The summed E-state index contributed by atoms with van der Waals surface area (Å²) in [7, 11) is -3.64. The largest absolute Gasteiger partial charge is 0.444 e. The minimum Gasteiger partial charge on any atom is -0.444 e. The quantitative estimate of drug-likeness (QED) is 0.155. The van der Waals surface area contributed by atoms with Gasteiger partial charge in [0.05, 0.1) is 28.6 Å². The summed E-state index contributed by atoms with van der Waals surface area (Å²) < 4.78 is 31.9. The summed E-state index contributed by atoms with van der Waals surface area (Å²) >= 11 is 0. The summed E-state index contributed by atoms with van der Waals surface area (Å²) in [5, 5.41) is 11.1. The van der Waals surface area contributed by atoms with E-state index in [1.165, 1.54) is 11.0 Å². The summed E-state index contributed by atoms with van der Waals surface area (Å²) in [6, 6.07) is 3.55. The fourth-order valence-electron chi connectivity index (χ4n) is 8.55. The molecular weight excluding hydrogens is 789 g/mol. The molecule has 4 atom stereocenters. The fraction of sp³-hybridized carbons (Fsp3) is 0.682. The lowest BCUT2D eigenvalue weighted by atomic mass is 9.80. The number of benzene rings is 1. The number of likely N-dealkylation sites (tertiary alicyclic amines) is 1. The molecule has 15 nitrogen and oxygen atoms in total. The molecule has 1 saturated heterocycles. The first-order valence-corrected chi connectivity index (χ1v) is 23.2. The van der Waals surface area contributed by atoms with Gasteiger partial charge in [0, 0.05) is 26.1 Å². The van der Waals surface area contributed by atoms with Crippen LogP contribution in [0.2, 0.25) is 0 Å². The number of Topliss-reactive ketones (excluding diaryl/α,β-unsaturated/α-hetero) is 1. The van der Waals surface area contributed by atoms with Crippen molar-refractivity contribution in [3.05, 3.63) is 48.0 Å². The molecule has 2 aliphatic heterocycles. The first-order valence-electron chi connectivity index (χ1n) is 21.5. The summed E-state index contributed by atoms with van der Waals surface area (Å²) in [5.74, 6) is -3.08. The van der Waals surface area contributed by atoms with Crippen molar-refractivity contribution in [2.75, 3.05) is 25.4 Å². The normalized spacial score (nSPS) is 21.6. The number of hydrogen-bond acceptors (Lipinski definition) is 9. The van der Waals surface area contributed by atoms with Gasteiger partial charge in [-0.1, -0.05) is 89.6 Å². The Hall–Kier alpha value is -4.47. The number of urea groups is 1. The molecule has 3 fully saturated rings. The van der Waals surface area contributed by atoms with E-state index >= 15 is 0 Å². The number of rotatable bonds is 14. The van der Waals surface area contributed by atoms with Crippen molar-refractivity contribution < 1.29 is 41.9 Å². The van der Waals surface area contributed by atoms with E-state index in [1.54, 1.807) is 46.4 Å². The zero-order valence-electron chi connectivity index (χ0n) is 36.3. The van der Waals surface area contributed by atoms with E-state index in [1.807, 2.05) is 24.3 Å². The van der Waals surface area contributed by atoms with Crippen molar-refractivity contribution in [3.8, 4) is 0 Å². The minimum atomic E-state index is -3.64. The van der Waals surface area contributed by atoms with Crippen molar-refractivity contribution in [1.29, 1.82) is 0 Å². The van der Waals surface area contributed by atoms with E-state index in [0.717, 1.165) is 49.7 Å². The highest BCUT2D eigenvalue weighted by molar-refractivity contribution is 7.92. The molecular formula is C44H66N6O9S. The number of carbonyl (C=O) groups excluding carboxylic acids is 6. The van der Waals surface area contributed by atoms with Crippen LogP contribution in [0.5, 0.6) is 0 Å². The van der Waals surface area contributed by atoms with Crippen molar-refractivity contribution in [2.45, 2.75) is 153 Å². The fourth-order valence-corrected chi connectivity index (χ4v) is 10.1. The highest BCUT2D eigenvalue weighted by Crippen LogP contribution is 2.34. The van der Waals surface area contributed by atoms with E-state index in [2.05, 4.69) is 27.8 Å². The van der Waals surface area contributed by atoms with E-state index in [-0.39, 0.29) is 37.6 Å². The van der Waals surface area contributed by atoms with Crippen LogP contribution in [0.3, 0.4) is 0 Å². The molecule has 2 aliphatic carbocycles. The average molecular weight is 855 g/mol. The van der Waals surface area contributed by atoms with Crippen molar-refractivity contribution in [1.82, 2.24) is 31.1 Å². The number of nitrogens with zero attached hydrogens (tertiary/aromatic N) is 2. The second-order valence-electron chi connectivity index (χ2n) is 19.3. The van der Waals surface area contributed by atoms with Crippen molar-refractivity contribution in [2.24, 2.45) is 11.3 Å². The number of fused-ring (bicyclic) bond motifs is 1. The van der Waals surface area contributed by atoms with Crippen LogP contribution >= 0.6 is 0 Å². The highest BCUT2D eigenvalue weighted by atomic mass is 32.2. The van der Waals surface area contributed by atoms with Gasteiger partial charge >= 0.3 is 12.1 Å². The molecule has 0 radical (unpaired) electrons. The zero-order valence-corrected chi connectivity index (χ0v) is 37.1. The third-order valence-electron chi connectivity index (χ3n) is 12.5.